The first-order valence-corrected chi connectivity index (χ1v) is 8.15. The molecule has 1 unspecified atom stereocenters. The molecule has 124 valence electrons. The highest BCUT2D eigenvalue weighted by Gasteiger charge is 2.44. The smallest absolute Gasteiger partial charge is 0.246 e. The number of carbonyl (C=O) groups excluding carboxylic acids is 1. The Morgan fingerprint density at radius 2 is 1.96 bits per heavy atom. The number of amides is 1. The van der Waals surface area contributed by atoms with Crippen LogP contribution in [0, 0.1) is 11.6 Å². The molecule has 24 heavy (non-hydrogen) atoms. The summed E-state index contributed by atoms with van der Waals surface area (Å²) in [7, 11) is 0. The SMILES string of the molecule is C[C@H](N=C1NC(=O)C(C)(c2ccncc2)S1)c1ccc(F)cc1F. The van der Waals surface area contributed by atoms with Gasteiger partial charge in [0.1, 0.15) is 16.4 Å². The van der Waals surface area contributed by atoms with Gasteiger partial charge in [-0.25, -0.2) is 8.78 Å². The molecule has 1 aromatic heterocycles. The zero-order valence-corrected chi connectivity index (χ0v) is 13.9. The van der Waals surface area contributed by atoms with Crippen molar-refractivity contribution in [1.29, 1.82) is 0 Å². The van der Waals surface area contributed by atoms with Crippen molar-refractivity contribution >= 4 is 22.8 Å². The maximum absolute atomic E-state index is 13.9. The van der Waals surface area contributed by atoms with Gasteiger partial charge in [0.05, 0.1) is 6.04 Å². The fourth-order valence-corrected chi connectivity index (χ4v) is 3.62. The van der Waals surface area contributed by atoms with E-state index in [1.807, 2.05) is 0 Å². The standard InChI is InChI=1S/C17H15F2N3OS/c1-10(13-4-3-12(18)9-14(13)19)21-16-22-15(23)17(2,24-16)11-5-7-20-8-6-11/h3-10H,1-2H3,(H,21,22,23)/t10-,17?/m0/s1. The zero-order chi connectivity index (χ0) is 17.3. The van der Waals surface area contributed by atoms with E-state index in [1.165, 1.54) is 23.9 Å². The molecule has 3 rings (SSSR count). The second-order valence-electron chi connectivity index (χ2n) is 5.60. The van der Waals surface area contributed by atoms with Crippen molar-refractivity contribution in [3.05, 3.63) is 65.5 Å². The molecule has 1 fully saturated rings. The number of nitrogens with zero attached hydrogens (tertiary/aromatic N) is 2. The number of amidine groups is 1. The highest BCUT2D eigenvalue weighted by Crippen LogP contribution is 2.41. The molecule has 2 heterocycles. The first kappa shape index (κ1) is 16.6. The van der Waals surface area contributed by atoms with Crippen molar-refractivity contribution in [2.24, 2.45) is 4.99 Å². The Bertz CT molecular complexity index is 813. The van der Waals surface area contributed by atoms with Gasteiger partial charge in [-0.1, -0.05) is 17.8 Å². The van der Waals surface area contributed by atoms with E-state index >= 15 is 0 Å². The Balaban J connectivity index is 1.86. The third-order valence-electron chi connectivity index (χ3n) is 3.91. The topological polar surface area (TPSA) is 54.4 Å². The second kappa shape index (κ2) is 6.32. The fourth-order valence-electron chi connectivity index (χ4n) is 2.49. The minimum Gasteiger partial charge on any atom is -0.304 e. The number of aliphatic imine (C=N–C) groups is 1. The molecule has 2 aromatic rings. The predicted molar refractivity (Wildman–Crippen MR) is 89.5 cm³/mol. The van der Waals surface area contributed by atoms with Crippen LogP contribution in [0.2, 0.25) is 0 Å². The van der Waals surface area contributed by atoms with Crippen molar-refractivity contribution in [2.75, 3.05) is 0 Å². The van der Waals surface area contributed by atoms with Crippen LogP contribution in [0.3, 0.4) is 0 Å². The summed E-state index contributed by atoms with van der Waals surface area (Å²) in [5.74, 6) is -1.48. The van der Waals surface area contributed by atoms with Crippen molar-refractivity contribution in [1.82, 2.24) is 10.3 Å². The molecule has 1 aliphatic heterocycles. The molecule has 2 atom stereocenters. The molecular formula is C17H15F2N3OS. The average molecular weight is 347 g/mol. The van der Waals surface area contributed by atoms with Crippen LogP contribution in [0.25, 0.3) is 0 Å². The van der Waals surface area contributed by atoms with Gasteiger partial charge in [-0.2, -0.15) is 0 Å². The van der Waals surface area contributed by atoms with Crippen molar-refractivity contribution in [3.63, 3.8) is 0 Å². The van der Waals surface area contributed by atoms with E-state index in [0.717, 1.165) is 11.6 Å². The second-order valence-corrected chi connectivity index (χ2v) is 7.01. The molecule has 1 aliphatic rings. The Labute approximate surface area is 142 Å². The van der Waals surface area contributed by atoms with Gasteiger partial charge < -0.3 is 5.32 Å². The number of benzene rings is 1. The number of hydrogen-bond acceptors (Lipinski definition) is 4. The molecule has 0 aliphatic carbocycles. The fraction of sp³-hybridized carbons (Fsp3) is 0.235. The average Bonchev–Trinajstić information content (AvgIpc) is 2.83. The largest absolute Gasteiger partial charge is 0.304 e. The van der Waals surface area contributed by atoms with Gasteiger partial charge in [0.25, 0.3) is 0 Å². The van der Waals surface area contributed by atoms with Gasteiger partial charge >= 0.3 is 0 Å². The third kappa shape index (κ3) is 3.03. The van der Waals surface area contributed by atoms with Crippen LogP contribution in [-0.4, -0.2) is 16.1 Å². The number of aromatic nitrogens is 1. The van der Waals surface area contributed by atoms with Crippen LogP contribution < -0.4 is 5.32 Å². The van der Waals surface area contributed by atoms with E-state index in [9.17, 15) is 13.6 Å². The molecule has 1 saturated heterocycles. The van der Waals surface area contributed by atoms with E-state index in [-0.39, 0.29) is 11.5 Å². The van der Waals surface area contributed by atoms with Gasteiger partial charge in [-0.05, 0) is 37.6 Å². The van der Waals surface area contributed by atoms with Crippen LogP contribution in [0.5, 0.6) is 0 Å². The lowest BCUT2D eigenvalue weighted by molar-refractivity contribution is -0.121. The summed E-state index contributed by atoms with van der Waals surface area (Å²) in [4.78, 5) is 20.7. The molecule has 0 spiro atoms. The monoisotopic (exact) mass is 347 g/mol. The van der Waals surface area contributed by atoms with Crippen molar-refractivity contribution in [3.8, 4) is 0 Å². The summed E-state index contributed by atoms with van der Waals surface area (Å²) in [5.41, 5.74) is 1.09. The summed E-state index contributed by atoms with van der Waals surface area (Å²) < 4.78 is 26.1. The Morgan fingerprint density at radius 3 is 2.62 bits per heavy atom. The van der Waals surface area contributed by atoms with Crippen LogP contribution in [0.1, 0.15) is 31.0 Å². The van der Waals surface area contributed by atoms with E-state index in [0.29, 0.717) is 5.17 Å². The number of pyridine rings is 1. The van der Waals surface area contributed by atoms with Gasteiger partial charge in [0.2, 0.25) is 5.91 Å². The number of thioether (sulfide) groups is 1. The molecule has 7 heteroatoms. The van der Waals surface area contributed by atoms with E-state index in [1.54, 1.807) is 38.4 Å². The predicted octanol–water partition coefficient (Wildman–Crippen LogP) is 3.56. The summed E-state index contributed by atoms with van der Waals surface area (Å²) in [6, 6.07) is 6.39. The zero-order valence-electron chi connectivity index (χ0n) is 13.1. The minimum absolute atomic E-state index is 0.191. The lowest BCUT2D eigenvalue weighted by Gasteiger charge is -2.18. The van der Waals surface area contributed by atoms with Gasteiger partial charge in [0.15, 0.2) is 5.17 Å². The van der Waals surface area contributed by atoms with Crippen LogP contribution in [-0.2, 0) is 9.54 Å². The lowest BCUT2D eigenvalue weighted by Crippen LogP contribution is -2.31. The lowest BCUT2D eigenvalue weighted by atomic mass is 10.0. The number of hydrogen-bond donors (Lipinski definition) is 1. The number of halogens is 2. The van der Waals surface area contributed by atoms with Crippen LogP contribution >= 0.6 is 11.8 Å². The first-order valence-electron chi connectivity index (χ1n) is 7.34. The highest BCUT2D eigenvalue weighted by atomic mass is 32.2. The van der Waals surface area contributed by atoms with Crippen molar-refractivity contribution < 1.29 is 13.6 Å². The first-order chi connectivity index (χ1) is 11.4. The highest BCUT2D eigenvalue weighted by molar-refractivity contribution is 8.15. The Hall–Kier alpha value is -2.28. The van der Waals surface area contributed by atoms with E-state index in [2.05, 4.69) is 15.3 Å². The minimum atomic E-state index is -0.817. The molecule has 1 aromatic carbocycles. The number of nitrogens with one attached hydrogen (secondary N) is 1. The van der Waals surface area contributed by atoms with Gasteiger partial charge in [-0.3, -0.25) is 14.8 Å². The molecule has 1 amide bonds. The maximum Gasteiger partial charge on any atom is 0.246 e. The summed E-state index contributed by atoms with van der Waals surface area (Å²) in [6.07, 6.45) is 3.25. The number of rotatable bonds is 3. The quantitative estimate of drug-likeness (QED) is 0.924. The Kier molecular flexibility index (Phi) is 4.36. The number of carbonyl (C=O) groups is 1. The summed E-state index contributed by atoms with van der Waals surface area (Å²) in [6.45, 7) is 3.49. The molecule has 0 saturated carbocycles. The molecule has 1 N–H and O–H groups in total. The van der Waals surface area contributed by atoms with Gasteiger partial charge in [0, 0.05) is 24.0 Å². The molecule has 0 radical (unpaired) electrons. The summed E-state index contributed by atoms with van der Waals surface area (Å²) >= 11 is 1.27. The Morgan fingerprint density at radius 1 is 1.25 bits per heavy atom. The summed E-state index contributed by atoms with van der Waals surface area (Å²) in [5, 5.41) is 3.14. The maximum atomic E-state index is 13.9. The van der Waals surface area contributed by atoms with E-state index < -0.39 is 22.4 Å². The normalized spacial score (nSPS) is 23.3. The molecule has 0 bridgehead atoms. The van der Waals surface area contributed by atoms with Gasteiger partial charge in [-0.15, -0.1) is 0 Å². The third-order valence-corrected chi connectivity index (χ3v) is 5.14. The van der Waals surface area contributed by atoms with Crippen LogP contribution in [0.15, 0.2) is 47.7 Å². The van der Waals surface area contributed by atoms with Crippen molar-refractivity contribution in [2.45, 2.75) is 24.6 Å². The van der Waals surface area contributed by atoms with Crippen LogP contribution in [0.4, 0.5) is 8.78 Å². The molecule has 4 nitrogen and oxygen atoms in total. The molecular weight excluding hydrogens is 332 g/mol. The van der Waals surface area contributed by atoms with E-state index in [4.69, 9.17) is 0 Å².